The lowest BCUT2D eigenvalue weighted by Gasteiger charge is -2.14. The summed E-state index contributed by atoms with van der Waals surface area (Å²) in [6, 6.07) is 2.99. The number of hydrogen-bond donors (Lipinski definition) is 1. The summed E-state index contributed by atoms with van der Waals surface area (Å²) in [6.45, 7) is 3.37. The molecule has 1 aliphatic heterocycles. The van der Waals surface area contributed by atoms with Crippen molar-refractivity contribution in [2.24, 2.45) is 5.92 Å². The number of rotatable bonds is 3. The van der Waals surface area contributed by atoms with E-state index in [0.717, 1.165) is 13.0 Å². The van der Waals surface area contributed by atoms with Gasteiger partial charge in [0.1, 0.15) is 10.3 Å². The van der Waals surface area contributed by atoms with Crippen molar-refractivity contribution in [3.63, 3.8) is 0 Å². The standard InChI is InChI=1S/C12H14Cl2N2O2/c1-7-8(2-3-18-7)6-15-12(17)9-4-10(13)16-11(14)5-9/h4-5,7-8H,2-3,6H2,1H3,(H,15,17). The molecule has 2 rings (SSSR count). The molecule has 98 valence electrons. The molecule has 0 radical (unpaired) electrons. The normalized spacial score (nSPS) is 23.1. The summed E-state index contributed by atoms with van der Waals surface area (Å²) in [4.78, 5) is 15.7. The van der Waals surface area contributed by atoms with Crippen LogP contribution < -0.4 is 5.32 Å². The van der Waals surface area contributed by atoms with E-state index < -0.39 is 0 Å². The zero-order chi connectivity index (χ0) is 13.1. The molecule has 1 aromatic rings. The van der Waals surface area contributed by atoms with E-state index in [1.165, 1.54) is 12.1 Å². The number of nitrogens with zero attached hydrogens (tertiary/aromatic N) is 1. The van der Waals surface area contributed by atoms with Crippen LogP contribution in [0, 0.1) is 5.92 Å². The van der Waals surface area contributed by atoms with Gasteiger partial charge in [-0.25, -0.2) is 4.98 Å². The lowest BCUT2D eigenvalue weighted by atomic mass is 10.0. The van der Waals surface area contributed by atoms with Crippen molar-refractivity contribution in [1.82, 2.24) is 10.3 Å². The topological polar surface area (TPSA) is 51.2 Å². The molecule has 2 unspecified atom stereocenters. The first-order chi connectivity index (χ1) is 8.56. The fraction of sp³-hybridized carbons (Fsp3) is 0.500. The average molecular weight is 289 g/mol. The Morgan fingerprint density at radius 3 is 2.72 bits per heavy atom. The third-order valence-corrected chi connectivity index (χ3v) is 3.47. The minimum atomic E-state index is -0.194. The van der Waals surface area contributed by atoms with Gasteiger partial charge in [-0.1, -0.05) is 23.2 Å². The van der Waals surface area contributed by atoms with E-state index in [-0.39, 0.29) is 22.3 Å². The monoisotopic (exact) mass is 288 g/mol. The fourth-order valence-electron chi connectivity index (χ4n) is 1.97. The molecule has 1 aliphatic rings. The second-order valence-electron chi connectivity index (χ2n) is 4.34. The largest absolute Gasteiger partial charge is 0.378 e. The van der Waals surface area contributed by atoms with Crippen molar-refractivity contribution >= 4 is 29.1 Å². The first-order valence-electron chi connectivity index (χ1n) is 5.79. The fourth-order valence-corrected chi connectivity index (χ4v) is 2.43. The Labute approximate surface area is 116 Å². The summed E-state index contributed by atoms with van der Waals surface area (Å²) in [6.07, 6.45) is 1.16. The molecular weight excluding hydrogens is 275 g/mol. The number of hydrogen-bond acceptors (Lipinski definition) is 3. The molecule has 2 heterocycles. The van der Waals surface area contributed by atoms with Gasteiger partial charge in [-0.15, -0.1) is 0 Å². The molecule has 6 heteroatoms. The van der Waals surface area contributed by atoms with Gasteiger partial charge in [0.15, 0.2) is 0 Å². The van der Waals surface area contributed by atoms with E-state index in [0.29, 0.717) is 18.0 Å². The summed E-state index contributed by atoms with van der Waals surface area (Å²) in [5.74, 6) is 0.169. The smallest absolute Gasteiger partial charge is 0.251 e. The van der Waals surface area contributed by atoms with Crippen LogP contribution in [0.3, 0.4) is 0 Å². The highest BCUT2D eigenvalue weighted by Gasteiger charge is 2.24. The summed E-state index contributed by atoms with van der Waals surface area (Å²) >= 11 is 11.5. The number of aromatic nitrogens is 1. The van der Waals surface area contributed by atoms with Gasteiger partial charge in [0, 0.05) is 24.6 Å². The van der Waals surface area contributed by atoms with E-state index in [2.05, 4.69) is 10.3 Å². The molecule has 0 saturated carbocycles. The van der Waals surface area contributed by atoms with Crippen molar-refractivity contribution in [3.05, 3.63) is 28.0 Å². The zero-order valence-corrected chi connectivity index (χ0v) is 11.5. The summed E-state index contributed by atoms with van der Waals surface area (Å²) in [7, 11) is 0. The molecule has 0 aliphatic carbocycles. The molecule has 1 aromatic heterocycles. The molecule has 1 fully saturated rings. The van der Waals surface area contributed by atoms with Gasteiger partial charge >= 0.3 is 0 Å². The molecule has 0 aromatic carbocycles. The third-order valence-electron chi connectivity index (χ3n) is 3.08. The minimum absolute atomic E-state index is 0.190. The number of carbonyl (C=O) groups excluding carboxylic acids is 1. The quantitative estimate of drug-likeness (QED) is 0.870. The second kappa shape index (κ2) is 5.87. The Morgan fingerprint density at radius 1 is 1.50 bits per heavy atom. The highest BCUT2D eigenvalue weighted by molar-refractivity contribution is 6.33. The molecule has 4 nitrogen and oxygen atoms in total. The molecule has 0 bridgehead atoms. The highest BCUT2D eigenvalue weighted by Crippen LogP contribution is 2.20. The molecular formula is C12H14Cl2N2O2. The average Bonchev–Trinajstić information content (AvgIpc) is 2.70. The van der Waals surface area contributed by atoms with E-state index in [1.807, 2.05) is 6.92 Å². The summed E-state index contributed by atoms with van der Waals surface area (Å²) in [5, 5.41) is 3.29. The number of pyridine rings is 1. The summed E-state index contributed by atoms with van der Waals surface area (Å²) in [5.41, 5.74) is 0.423. The number of nitrogens with one attached hydrogen (secondary N) is 1. The van der Waals surface area contributed by atoms with Crippen LogP contribution in [0.1, 0.15) is 23.7 Å². The van der Waals surface area contributed by atoms with Crippen LogP contribution in [-0.4, -0.2) is 30.1 Å². The third kappa shape index (κ3) is 3.34. The van der Waals surface area contributed by atoms with Crippen LogP contribution in [0.15, 0.2) is 12.1 Å². The van der Waals surface area contributed by atoms with E-state index in [1.54, 1.807) is 0 Å². The van der Waals surface area contributed by atoms with Crippen LogP contribution >= 0.6 is 23.2 Å². The van der Waals surface area contributed by atoms with E-state index >= 15 is 0 Å². The van der Waals surface area contributed by atoms with Gasteiger partial charge in [0.25, 0.3) is 5.91 Å². The van der Waals surface area contributed by atoms with Gasteiger partial charge in [-0.3, -0.25) is 4.79 Å². The van der Waals surface area contributed by atoms with Crippen molar-refractivity contribution in [2.45, 2.75) is 19.4 Å². The lowest BCUT2D eigenvalue weighted by molar-refractivity contribution is 0.0907. The van der Waals surface area contributed by atoms with Crippen LogP contribution in [0.4, 0.5) is 0 Å². The number of carbonyl (C=O) groups is 1. The van der Waals surface area contributed by atoms with Crippen LogP contribution in [-0.2, 0) is 4.74 Å². The predicted octanol–water partition coefficient (Wildman–Crippen LogP) is 2.54. The predicted molar refractivity (Wildman–Crippen MR) is 70.1 cm³/mol. The Kier molecular flexibility index (Phi) is 4.43. The van der Waals surface area contributed by atoms with Gasteiger partial charge in [0.05, 0.1) is 6.10 Å². The van der Waals surface area contributed by atoms with E-state index in [9.17, 15) is 4.79 Å². The maximum Gasteiger partial charge on any atom is 0.251 e. The molecule has 18 heavy (non-hydrogen) atoms. The number of ether oxygens (including phenoxy) is 1. The van der Waals surface area contributed by atoms with Crippen molar-refractivity contribution in [1.29, 1.82) is 0 Å². The second-order valence-corrected chi connectivity index (χ2v) is 5.11. The minimum Gasteiger partial charge on any atom is -0.378 e. The van der Waals surface area contributed by atoms with Gasteiger partial charge in [0.2, 0.25) is 0 Å². The number of halogens is 2. The maximum atomic E-state index is 11.9. The zero-order valence-electron chi connectivity index (χ0n) is 9.95. The first kappa shape index (κ1) is 13.6. The molecule has 1 amide bonds. The number of amides is 1. The SMILES string of the molecule is CC1OCCC1CNC(=O)c1cc(Cl)nc(Cl)c1. The van der Waals surface area contributed by atoms with Crippen molar-refractivity contribution in [3.8, 4) is 0 Å². The van der Waals surface area contributed by atoms with Crippen molar-refractivity contribution < 1.29 is 9.53 Å². The lowest BCUT2D eigenvalue weighted by Crippen LogP contribution is -2.32. The maximum absolute atomic E-state index is 11.9. The van der Waals surface area contributed by atoms with Gasteiger partial charge < -0.3 is 10.1 Å². The van der Waals surface area contributed by atoms with Crippen LogP contribution in [0.5, 0.6) is 0 Å². The van der Waals surface area contributed by atoms with Crippen LogP contribution in [0.2, 0.25) is 10.3 Å². The van der Waals surface area contributed by atoms with Crippen molar-refractivity contribution in [2.75, 3.05) is 13.2 Å². The molecule has 1 saturated heterocycles. The molecule has 2 atom stereocenters. The first-order valence-corrected chi connectivity index (χ1v) is 6.55. The Balaban J connectivity index is 1.95. The Morgan fingerprint density at radius 2 is 2.17 bits per heavy atom. The molecule has 1 N–H and O–H groups in total. The van der Waals surface area contributed by atoms with Gasteiger partial charge in [-0.05, 0) is 25.5 Å². The highest BCUT2D eigenvalue weighted by atomic mass is 35.5. The Bertz CT molecular complexity index is 433. The Hall–Kier alpha value is -0.840. The van der Waals surface area contributed by atoms with Gasteiger partial charge in [-0.2, -0.15) is 0 Å². The summed E-state index contributed by atoms with van der Waals surface area (Å²) < 4.78 is 5.44. The molecule has 0 spiro atoms. The van der Waals surface area contributed by atoms with E-state index in [4.69, 9.17) is 27.9 Å². The van der Waals surface area contributed by atoms with Crippen LogP contribution in [0.25, 0.3) is 0 Å².